The van der Waals surface area contributed by atoms with Gasteiger partial charge < -0.3 is 10.6 Å². The van der Waals surface area contributed by atoms with E-state index < -0.39 is 0 Å². The number of hydrogen-bond donors (Lipinski definition) is 1. The van der Waals surface area contributed by atoms with Crippen molar-refractivity contribution >= 4 is 33.1 Å². The Morgan fingerprint density at radius 1 is 1.33 bits per heavy atom. The van der Waals surface area contributed by atoms with Crippen molar-refractivity contribution in [1.82, 2.24) is 14.9 Å². The average Bonchev–Trinajstić information content (AvgIpc) is 2.85. The molecule has 0 spiro atoms. The number of carbonyl (C=O) groups excluding carboxylic acids is 1. The van der Waals surface area contributed by atoms with Crippen molar-refractivity contribution in [3.8, 4) is 0 Å². The van der Waals surface area contributed by atoms with Crippen LogP contribution in [0.4, 0.5) is 5.69 Å². The van der Waals surface area contributed by atoms with Gasteiger partial charge in [-0.25, -0.2) is 0 Å². The maximum atomic E-state index is 12.5. The van der Waals surface area contributed by atoms with Crippen LogP contribution in [0.3, 0.4) is 0 Å². The van der Waals surface area contributed by atoms with Gasteiger partial charge in [0.2, 0.25) is 0 Å². The van der Waals surface area contributed by atoms with Gasteiger partial charge in [0, 0.05) is 32.2 Å². The molecule has 0 saturated carbocycles. The third kappa shape index (κ3) is 2.57. The molecule has 3 rings (SSSR count). The molecule has 6 heteroatoms. The zero-order chi connectivity index (χ0) is 14.8. The lowest BCUT2D eigenvalue weighted by molar-refractivity contribution is 0.0791. The molecule has 3 aromatic heterocycles. The molecular weight excluding hydrogens is 284 g/mol. The fourth-order valence-corrected chi connectivity index (χ4v) is 3.19. The van der Waals surface area contributed by atoms with E-state index in [1.54, 1.807) is 30.5 Å². The molecule has 5 nitrogen and oxygen atoms in total. The fourth-order valence-electron chi connectivity index (χ4n) is 2.12. The number of nitrogens with zero attached hydrogens (tertiary/aromatic N) is 3. The Hall–Kier alpha value is -2.47. The average molecular weight is 298 g/mol. The fraction of sp³-hybridized carbons (Fsp3) is 0.133. The number of nitrogens with two attached hydrogens (primary N) is 1. The number of thiophene rings is 1. The second kappa shape index (κ2) is 5.49. The summed E-state index contributed by atoms with van der Waals surface area (Å²) in [6.45, 7) is 0.494. The number of hydrogen-bond acceptors (Lipinski definition) is 5. The van der Waals surface area contributed by atoms with Crippen molar-refractivity contribution in [2.24, 2.45) is 0 Å². The SMILES string of the molecule is CN(Cc1cccnc1)C(=O)c1sc2cccnc2c1N. The van der Waals surface area contributed by atoms with Crippen molar-refractivity contribution in [3.63, 3.8) is 0 Å². The van der Waals surface area contributed by atoms with Crippen molar-refractivity contribution in [1.29, 1.82) is 0 Å². The lowest BCUT2D eigenvalue weighted by atomic mass is 10.2. The van der Waals surface area contributed by atoms with E-state index in [-0.39, 0.29) is 5.91 Å². The molecule has 2 N–H and O–H groups in total. The van der Waals surface area contributed by atoms with Gasteiger partial charge in [-0.1, -0.05) is 6.07 Å². The third-order valence-corrected chi connectivity index (χ3v) is 4.31. The van der Waals surface area contributed by atoms with Crippen LogP contribution in [0.1, 0.15) is 15.2 Å². The molecule has 3 aromatic rings. The molecule has 0 fully saturated rings. The van der Waals surface area contributed by atoms with Crippen LogP contribution in [0.5, 0.6) is 0 Å². The highest BCUT2D eigenvalue weighted by Crippen LogP contribution is 2.32. The molecule has 0 bridgehead atoms. The van der Waals surface area contributed by atoms with Crippen LogP contribution >= 0.6 is 11.3 Å². The van der Waals surface area contributed by atoms with E-state index in [4.69, 9.17) is 5.73 Å². The largest absolute Gasteiger partial charge is 0.396 e. The molecule has 0 aliphatic heterocycles. The second-order valence-electron chi connectivity index (χ2n) is 4.72. The Morgan fingerprint density at radius 3 is 2.86 bits per heavy atom. The number of nitrogen functional groups attached to an aromatic ring is 1. The summed E-state index contributed by atoms with van der Waals surface area (Å²) in [5.41, 5.74) is 8.19. The number of fused-ring (bicyclic) bond motifs is 1. The Kier molecular flexibility index (Phi) is 3.53. The normalized spacial score (nSPS) is 10.7. The first kappa shape index (κ1) is 13.5. The summed E-state index contributed by atoms with van der Waals surface area (Å²) in [4.78, 5) is 23.0. The Balaban J connectivity index is 1.88. The topological polar surface area (TPSA) is 72.1 Å². The smallest absolute Gasteiger partial charge is 0.266 e. The van der Waals surface area contributed by atoms with Crippen LogP contribution in [0.15, 0.2) is 42.9 Å². The van der Waals surface area contributed by atoms with Crippen molar-refractivity contribution in [2.45, 2.75) is 6.54 Å². The molecule has 0 saturated heterocycles. The summed E-state index contributed by atoms with van der Waals surface area (Å²) >= 11 is 1.38. The summed E-state index contributed by atoms with van der Waals surface area (Å²) in [5.74, 6) is -0.0978. The lowest BCUT2D eigenvalue weighted by Gasteiger charge is -2.16. The van der Waals surface area contributed by atoms with Crippen molar-refractivity contribution in [3.05, 3.63) is 53.3 Å². The highest BCUT2D eigenvalue weighted by Gasteiger charge is 2.20. The Bertz CT molecular complexity index is 785. The van der Waals surface area contributed by atoms with Gasteiger partial charge in [-0.3, -0.25) is 14.8 Å². The third-order valence-electron chi connectivity index (χ3n) is 3.17. The van der Waals surface area contributed by atoms with Gasteiger partial charge in [0.15, 0.2) is 0 Å². The van der Waals surface area contributed by atoms with E-state index in [1.807, 2.05) is 24.3 Å². The van der Waals surface area contributed by atoms with E-state index in [1.165, 1.54) is 11.3 Å². The Morgan fingerprint density at radius 2 is 2.14 bits per heavy atom. The van der Waals surface area contributed by atoms with Gasteiger partial charge in [-0.2, -0.15) is 0 Å². The predicted octanol–water partition coefficient (Wildman–Crippen LogP) is 2.55. The van der Waals surface area contributed by atoms with Gasteiger partial charge in [0.05, 0.1) is 10.4 Å². The summed E-state index contributed by atoms with van der Waals surface area (Å²) in [6.07, 6.45) is 5.14. The van der Waals surface area contributed by atoms with Crippen molar-refractivity contribution < 1.29 is 4.79 Å². The maximum Gasteiger partial charge on any atom is 0.266 e. The summed E-state index contributed by atoms with van der Waals surface area (Å²) < 4.78 is 0.924. The molecule has 0 aliphatic rings. The van der Waals surface area contributed by atoms with Crippen molar-refractivity contribution in [2.75, 3.05) is 12.8 Å². The number of aromatic nitrogens is 2. The molecular formula is C15H14N4OS. The number of anilines is 1. The minimum atomic E-state index is -0.0978. The molecule has 0 aromatic carbocycles. The summed E-state index contributed by atoms with van der Waals surface area (Å²) in [6, 6.07) is 7.55. The lowest BCUT2D eigenvalue weighted by Crippen LogP contribution is -2.26. The van der Waals surface area contributed by atoms with E-state index in [0.29, 0.717) is 22.6 Å². The Labute approximate surface area is 126 Å². The zero-order valence-corrected chi connectivity index (χ0v) is 12.3. The van der Waals surface area contributed by atoms with Crippen LogP contribution in [0.2, 0.25) is 0 Å². The predicted molar refractivity (Wildman–Crippen MR) is 84.1 cm³/mol. The summed E-state index contributed by atoms with van der Waals surface area (Å²) in [5, 5.41) is 0. The van der Waals surface area contributed by atoms with Crippen LogP contribution in [-0.4, -0.2) is 27.8 Å². The first-order valence-corrected chi connectivity index (χ1v) is 7.26. The highest BCUT2D eigenvalue weighted by atomic mass is 32.1. The molecule has 0 atom stereocenters. The molecule has 0 aliphatic carbocycles. The number of amides is 1. The highest BCUT2D eigenvalue weighted by molar-refractivity contribution is 7.21. The first-order chi connectivity index (χ1) is 10.2. The van der Waals surface area contributed by atoms with Crippen LogP contribution < -0.4 is 5.73 Å². The van der Waals surface area contributed by atoms with Gasteiger partial charge in [0.25, 0.3) is 5.91 Å². The first-order valence-electron chi connectivity index (χ1n) is 6.44. The van der Waals surface area contributed by atoms with Crippen LogP contribution in [-0.2, 0) is 6.54 Å². The van der Waals surface area contributed by atoms with Gasteiger partial charge in [-0.05, 0) is 23.8 Å². The van der Waals surface area contributed by atoms with Gasteiger partial charge in [-0.15, -0.1) is 11.3 Å². The maximum absolute atomic E-state index is 12.5. The minimum Gasteiger partial charge on any atom is -0.396 e. The van der Waals surface area contributed by atoms with Gasteiger partial charge in [0.1, 0.15) is 10.4 Å². The number of rotatable bonds is 3. The number of pyridine rings is 2. The summed E-state index contributed by atoms with van der Waals surface area (Å²) in [7, 11) is 1.76. The molecule has 3 heterocycles. The standard InChI is InChI=1S/C15H14N4OS/c1-19(9-10-4-2-6-17-8-10)15(20)14-12(16)13-11(21-14)5-3-7-18-13/h2-8H,9,16H2,1H3. The van der Waals surface area contributed by atoms with E-state index in [9.17, 15) is 4.79 Å². The molecule has 106 valence electrons. The van der Waals surface area contributed by atoms with E-state index in [0.717, 1.165) is 10.3 Å². The van der Waals surface area contributed by atoms with Crippen LogP contribution in [0.25, 0.3) is 10.2 Å². The van der Waals surface area contributed by atoms with Crippen LogP contribution in [0, 0.1) is 0 Å². The zero-order valence-electron chi connectivity index (χ0n) is 11.5. The number of carbonyl (C=O) groups is 1. The molecule has 1 amide bonds. The van der Waals surface area contributed by atoms with E-state index >= 15 is 0 Å². The molecule has 0 unspecified atom stereocenters. The van der Waals surface area contributed by atoms with E-state index in [2.05, 4.69) is 9.97 Å². The quantitative estimate of drug-likeness (QED) is 0.806. The molecule has 0 radical (unpaired) electrons. The monoisotopic (exact) mass is 298 g/mol. The minimum absolute atomic E-state index is 0.0978. The second-order valence-corrected chi connectivity index (χ2v) is 5.77. The van der Waals surface area contributed by atoms with Gasteiger partial charge >= 0.3 is 0 Å². The molecule has 21 heavy (non-hydrogen) atoms.